The minimum atomic E-state index is -0.734. The molecule has 0 bridgehead atoms. The summed E-state index contributed by atoms with van der Waals surface area (Å²) in [6.45, 7) is 2.56. The first-order valence-corrected chi connectivity index (χ1v) is 7.85. The van der Waals surface area contributed by atoms with Crippen LogP contribution in [-0.2, 0) is 16.0 Å². The number of carboxylic acids is 1. The van der Waals surface area contributed by atoms with Gasteiger partial charge >= 0.3 is 5.97 Å². The van der Waals surface area contributed by atoms with Gasteiger partial charge in [0, 0.05) is 24.3 Å². The van der Waals surface area contributed by atoms with E-state index in [9.17, 15) is 9.59 Å². The Morgan fingerprint density at radius 1 is 1.35 bits per heavy atom. The Kier molecular flexibility index (Phi) is 5.11. The summed E-state index contributed by atoms with van der Waals surface area (Å²) in [5.41, 5.74) is 1.02. The number of aliphatic carboxylic acids is 1. The van der Waals surface area contributed by atoms with Crippen LogP contribution in [0.15, 0.2) is 5.38 Å². The third kappa shape index (κ3) is 4.03. The Labute approximate surface area is 122 Å². The van der Waals surface area contributed by atoms with E-state index in [1.807, 2.05) is 12.3 Å². The molecule has 1 aliphatic carbocycles. The van der Waals surface area contributed by atoms with Crippen molar-refractivity contribution in [2.24, 2.45) is 11.8 Å². The fourth-order valence-corrected chi connectivity index (χ4v) is 3.23. The molecule has 1 aliphatic rings. The second-order valence-electron chi connectivity index (χ2n) is 5.29. The molecule has 1 saturated carbocycles. The van der Waals surface area contributed by atoms with Crippen LogP contribution in [0.5, 0.6) is 0 Å². The molecule has 2 N–H and O–H groups in total. The van der Waals surface area contributed by atoms with Crippen LogP contribution in [0.4, 0.5) is 0 Å². The fraction of sp³-hybridized carbons (Fsp3) is 0.643. The molecular formula is C14H20N2O3S. The van der Waals surface area contributed by atoms with Crippen LogP contribution in [0.3, 0.4) is 0 Å². The van der Waals surface area contributed by atoms with E-state index in [0.717, 1.165) is 17.1 Å². The van der Waals surface area contributed by atoms with Crippen molar-refractivity contribution in [3.8, 4) is 0 Å². The van der Waals surface area contributed by atoms with E-state index in [2.05, 4.69) is 10.3 Å². The largest absolute Gasteiger partial charge is 0.481 e. The van der Waals surface area contributed by atoms with Gasteiger partial charge in [-0.05, 0) is 32.6 Å². The molecule has 0 atom stereocenters. The minimum absolute atomic E-state index is 0.0252. The Morgan fingerprint density at radius 3 is 2.55 bits per heavy atom. The lowest BCUT2D eigenvalue weighted by Gasteiger charge is -2.25. The summed E-state index contributed by atoms with van der Waals surface area (Å²) >= 11 is 1.61. The molecule has 0 saturated heterocycles. The second kappa shape index (κ2) is 6.83. The van der Waals surface area contributed by atoms with Gasteiger partial charge in [-0.15, -0.1) is 11.3 Å². The predicted octanol–water partition coefficient (Wildman–Crippen LogP) is 2.00. The number of carbonyl (C=O) groups is 2. The highest BCUT2D eigenvalue weighted by atomic mass is 32.1. The standard InChI is InChI=1S/C14H20N2O3S/c1-9-16-12(8-20-9)6-7-15-13(17)10-2-4-11(5-3-10)14(18)19/h8,10-11H,2-7H2,1H3,(H,15,17)(H,18,19). The van der Waals surface area contributed by atoms with E-state index in [0.29, 0.717) is 32.2 Å². The summed E-state index contributed by atoms with van der Waals surface area (Å²) in [6, 6.07) is 0. The monoisotopic (exact) mass is 296 g/mol. The first kappa shape index (κ1) is 15.0. The first-order valence-electron chi connectivity index (χ1n) is 6.98. The number of carbonyl (C=O) groups excluding carboxylic acids is 1. The van der Waals surface area contributed by atoms with Gasteiger partial charge < -0.3 is 10.4 Å². The van der Waals surface area contributed by atoms with E-state index in [4.69, 9.17) is 5.11 Å². The molecule has 0 aromatic carbocycles. The minimum Gasteiger partial charge on any atom is -0.481 e. The lowest BCUT2D eigenvalue weighted by Crippen LogP contribution is -2.35. The Morgan fingerprint density at radius 2 is 2.00 bits per heavy atom. The number of hydrogen-bond acceptors (Lipinski definition) is 4. The molecule has 1 heterocycles. The van der Waals surface area contributed by atoms with Gasteiger partial charge in [-0.25, -0.2) is 4.98 Å². The molecule has 1 fully saturated rings. The molecular weight excluding hydrogens is 276 g/mol. The van der Waals surface area contributed by atoms with Gasteiger partial charge in [-0.1, -0.05) is 0 Å². The molecule has 6 heteroatoms. The third-order valence-corrected chi connectivity index (χ3v) is 4.62. The number of amides is 1. The molecule has 1 aromatic rings. The number of carboxylic acid groups (broad SMARTS) is 1. The number of rotatable bonds is 5. The summed E-state index contributed by atoms with van der Waals surface area (Å²) in [4.78, 5) is 27.2. The summed E-state index contributed by atoms with van der Waals surface area (Å²) in [7, 11) is 0. The predicted molar refractivity (Wildman–Crippen MR) is 76.6 cm³/mol. The van der Waals surface area contributed by atoms with Crippen LogP contribution >= 0.6 is 11.3 Å². The number of aryl methyl sites for hydroxylation is 1. The maximum absolute atomic E-state index is 12.0. The van der Waals surface area contributed by atoms with Gasteiger partial charge in [0.15, 0.2) is 0 Å². The molecule has 1 aromatic heterocycles. The first-order chi connectivity index (χ1) is 9.56. The number of thiazole rings is 1. The smallest absolute Gasteiger partial charge is 0.306 e. The van der Waals surface area contributed by atoms with E-state index in [1.165, 1.54) is 0 Å². The van der Waals surface area contributed by atoms with Crippen molar-refractivity contribution in [3.05, 3.63) is 16.1 Å². The van der Waals surface area contributed by atoms with Crippen LogP contribution in [0.25, 0.3) is 0 Å². The maximum Gasteiger partial charge on any atom is 0.306 e. The van der Waals surface area contributed by atoms with Crippen molar-refractivity contribution in [1.82, 2.24) is 10.3 Å². The summed E-state index contributed by atoms with van der Waals surface area (Å²) in [5, 5.41) is 14.9. The van der Waals surface area contributed by atoms with Crippen molar-refractivity contribution in [2.45, 2.75) is 39.0 Å². The molecule has 5 nitrogen and oxygen atoms in total. The fourth-order valence-electron chi connectivity index (χ4n) is 2.58. The van der Waals surface area contributed by atoms with Crippen molar-refractivity contribution >= 4 is 23.2 Å². The average molecular weight is 296 g/mol. The van der Waals surface area contributed by atoms with Crippen LogP contribution in [0.1, 0.15) is 36.4 Å². The lowest BCUT2D eigenvalue weighted by atomic mass is 9.81. The maximum atomic E-state index is 12.0. The van der Waals surface area contributed by atoms with Crippen molar-refractivity contribution in [3.63, 3.8) is 0 Å². The van der Waals surface area contributed by atoms with E-state index >= 15 is 0 Å². The molecule has 110 valence electrons. The number of hydrogen-bond donors (Lipinski definition) is 2. The molecule has 20 heavy (non-hydrogen) atoms. The summed E-state index contributed by atoms with van der Waals surface area (Å²) < 4.78 is 0. The van der Waals surface area contributed by atoms with Crippen LogP contribution in [-0.4, -0.2) is 28.5 Å². The zero-order chi connectivity index (χ0) is 14.5. The van der Waals surface area contributed by atoms with Gasteiger partial charge in [-0.2, -0.15) is 0 Å². The van der Waals surface area contributed by atoms with Crippen molar-refractivity contribution < 1.29 is 14.7 Å². The molecule has 0 spiro atoms. The number of nitrogens with one attached hydrogen (secondary N) is 1. The van der Waals surface area contributed by atoms with Crippen LogP contribution in [0, 0.1) is 18.8 Å². The average Bonchev–Trinajstić information content (AvgIpc) is 2.84. The number of aromatic nitrogens is 1. The second-order valence-corrected chi connectivity index (χ2v) is 6.35. The van der Waals surface area contributed by atoms with E-state index < -0.39 is 5.97 Å². The van der Waals surface area contributed by atoms with Gasteiger partial charge in [0.25, 0.3) is 0 Å². The SMILES string of the molecule is Cc1nc(CCNC(=O)C2CCC(C(=O)O)CC2)cs1. The highest BCUT2D eigenvalue weighted by Crippen LogP contribution is 2.28. The van der Waals surface area contributed by atoms with Crippen molar-refractivity contribution in [2.75, 3.05) is 6.54 Å². The zero-order valence-corrected chi connectivity index (χ0v) is 12.4. The summed E-state index contributed by atoms with van der Waals surface area (Å²) in [5.74, 6) is -0.969. The molecule has 2 rings (SSSR count). The van der Waals surface area contributed by atoms with Crippen molar-refractivity contribution in [1.29, 1.82) is 0 Å². The molecule has 1 amide bonds. The summed E-state index contributed by atoms with van der Waals surface area (Å²) in [6.07, 6.45) is 3.33. The normalized spacial score (nSPS) is 22.4. The topological polar surface area (TPSA) is 79.3 Å². The highest BCUT2D eigenvalue weighted by molar-refractivity contribution is 7.09. The molecule has 0 aliphatic heterocycles. The van der Waals surface area contributed by atoms with E-state index in [-0.39, 0.29) is 17.7 Å². The van der Waals surface area contributed by atoms with Crippen LogP contribution in [0.2, 0.25) is 0 Å². The van der Waals surface area contributed by atoms with Gasteiger partial charge in [0.2, 0.25) is 5.91 Å². The Balaban J connectivity index is 1.69. The number of nitrogens with zero attached hydrogens (tertiary/aromatic N) is 1. The van der Waals surface area contributed by atoms with Gasteiger partial charge in [-0.3, -0.25) is 9.59 Å². The van der Waals surface area contributed by atoms with Gasteiger partial charge in [0.1, 0.15) is 0 Å². The third-order valence-electron chi connectivity index (χ3n) is 3.79. The lowest BCUT2D eigenvalue weighted by molar-refractivity contribution is -0.144. The zero-order valence-electron chi connectivity index (χ0n) is 11.6. The van der Waals surface area contributed by atoms with Crippen LogP contribution < -0.4 is 5.32 Å². The Bertz CT molecular complexity index is 479. The Hall–Kier alpha value is -1.43. The van der Waals surface area contributed by atoms with Gasteiger partial charge in [0.05, 0.1) is 16.6 Å². The molecule has 0 unspecified atom stereocenters. The van der Waals surface area contributed by atoms with E-state index in [1.54, 1.807) is 11.3 Å². The molecule has 0 radical (unpaired) electrons. The quantitative estimate of drug-likeness (QED) is 0.871. The highest BCUT2D eigenvalue weighted by Gasteiger charge is 2.29.